The molecule has 2 aromatic rings. The van der Waals surface area contributed by atoms with E-state index in [0.717, 1.165) is 37.5 Å². The van der Waals surface area contributed by atoms with Crippen LogP contribution in [0.2, 0.25) is 0 Å². The fraction of sp³-hybridized carbons (Fsp3) is 0.409. The maximum absolute atomic E-state index is 5.41. The minimum absolute atomic E-state index is 0.702. The maximum Gasteiger partial charge on any atom is 0.170 e. The fourth-order valence-corrected chi connectivity index (χ4v) is 3.76. The van der Waals surface area contributed by atoms with Gasteiger partial charge < -0.3 is 25.2 Å². The van der Waals surface area contributed by atoms with E-state index in [4.69, 9.17) is 17.0 Å². The molecule has 0 bridgehead atoms. The maximum atomic E-state index is 5.41. The first-order valence-electron chi connectivity index (χ1n) is 9.99. The number of rotatable bonds is 7. The number of para-hydroxylation sites is 1. The summed E-state index contributed by atoms with van der Waals surface area (Å²) in [6.45, 7) is 8.72. The number of anilines is 2. The lowest BCUT2D eigenvalue weighted by Gasteiger charge is -2.33. The molecule has 28 heavy (non-hydrogen) atoms. The van der Waals surface area contributed by atoms with E-state index in [2.05, 4.69) is 46.7 Å². The van der Waals surface area contributed by atoms with Gasteiger partial charge in [-0.3, -0.25) is 0 Å². The van der Waals surface area contributed by atoms with Crippen molar-refractivity contribution in [2.45, 2.75) is 13.3 Å². The Kier molecular flexibility index (Phi) is 7.51. The second-order valence-corrected chi connectivity index (χ2v) is 7.64. The summed E-state index contributed by atoms with van der Waals surface area (Å²) >= 11 is 5.41. The van der Waals surface area contributed by atoms with Gasteiger partial charge >= 0.3 is 0 Å². The monoisotopic (exact) mass is 399 g/mol. The molecule has 5 nitrogen and oxygen atoms in total. The largest absolute Gasteiger partial charge is 0.497 e. The van der Waals surface area contributed by atoms with Crippen LogP contribution in [0.25, 0.3) is 0 Å². The van der Waals surface area contributed by atoms with E-state index in [-0.39, 0.29) is 0 Å². The van der Waals surface area contributed by atoms with Gasteiger partial charge in [-0.2, -0.15) is 0 Å². The van der Waals surface area contributed by atoms with E-state index in [1.54, 1.807) is 12.0 Å². The van der Waals surface area contributed by atoms with Crippen LogP contribution in [0.5, 0.6) is 5.75 Å². The third-order valence-corrected chi connectivity index (χ3v) is 5.54. The van der Waals surface area contributed by atoms with Crippen molar-refractivity contribution in [3.63, 3.8) is 0 Å². The Morgan fingerprint density at radius 1 is 1.11 bits per heavy atom. The van der Waals surface area contributed by atoms with E-state index in [0.29, 0.717) is 5.11 Å². The van der Waals surface area contributed by atoms with Gasteiger partial charge in [-0.15, -0.1) is 0 Å². The number of nitrogens with one attached hydrogen (secondary N) is 3. The number of hydrogen-bond acceptors (Lipinski definition) is 3. The molecule has 3 rings (SSSR count). The summed E-state index contributed by atoms with van der Waals surface area (Å²) in [7, 11) is 1.71. The van der Waals surface area contributed by atoms with Gasteiger partial charge in [0.2, 0.25) is 0 Å². The van der Waals surface area contributed by atoms with Crippen LogP contribution in [-0.4, -0.2) is 51.5 Å². The Morgan fingerprint density at radius 2 is 1.82 bits per heavy atom. The van der Waals surface area contributed by atoms with E-state index >= 15 is 0 Å². The molecular formula is C22H31N4OS+. The van der Waals surface area contributed by atoms with Crippen LogP contribution in [0.1, 0.15) is 12.0 Å². The lowest BCUT2D eigenvalue weighted by molar-refractivity contribution is -0.900. The van der Waals surface area contributed by atoms with Crippen molar-refractivity contribution in [2.75, 3.05) is 56.6 Å². The predicted molar refractivity (Wildman–Crippen MR) is 121 cm³/mol. The fourth-order valence-electron chi connectivity index (χ4n) is 3.54. The van der Waals surface area contributed by atoms with Gasteiger partial charge in [0, 0.05) is 24.3 Å². The van der Waals surface area contributed by atoms with E-state index < -0.39 is 0 Å². The number of piperazine rings is 1. The highest BCUT2D eigenvalue weighted by Crippen LogP contribution is 2.19. The second-order valence-electron chi connectivity index (χ2n) is 7.23. The summed E-state index contributed by atoms with van der Waals surface area (Å²) in [5.74, 6) is 0.912. The molecule has 0 saturated carbocycles. The minimum Gasteiger partial charge on any atom is -0.497 e. The van der Waals surface area contributed by atoms with Gasteiger partial charge in [0.1, 0.15) is 5.75 Å². The average molecular weight is 400 g/mol. The Hall–Kier alpha value is -2.31. The molecule has 1 aliphatic rings. The summed E-state index contributed by atoms with van der Waals surface area (Å²) < 4.78 is 5.24. The quantitative estimate of drug-likeness (QED) is 0.491. The van der Waals surface area contributed by atoms with Crippen LogP contribution in [0, 0.1) is 6.92 Å². The highest BCUT2D eigenvalue weighted by atomic mass is 32.1. The predicted octanol–water partition coefficient (Wildman–Crippen LogP) is 2.09. The van der Waals surface area contributed by atoms with Gasteiger partial charge in [0.25, 0.3) is 0 Å². The van der Waals surface area contributed by atoms with Crippen LogP contribution in [0.15, 0.2) is 48.5 Å². The number of ether oxygens (including phenoxy) is 1. The second kappa shape index (κ2) is 10.3. The molecule has 150 valence electrons. The molecule has 2 aromatic carbocycles. The Bertz CT molecular complexity index is 757. The molecule has 0 radical (unpaired) electrons. The summed E-state index contributed by atoms with van der Waals surface area (Å²) in [4.78, 5) is 4.13. The van der Waals surface area contributed by atoms with Crippen molar-refractivity contribution in [3.8, 4) is 5.75 Å². The highest BCUT2D eigenvalue weighted by Gasteiger charge is 2.19. The lowest BCUT2D eigenvalue weighted by Crippen LogP contribution is -3.15. The molecule has 1 fully saturated rings. The Labute approximate surface area is 173 Å². The number of methoxy groups -OCH3 is 1. The Balaban J connectivity index is 1.32. The minimum atomic E-state index is 0.702. The van der Waals surface area contributed by atoms with Crippen molar-refractivity contribution < 1.29 is 9.64 Å². The summed E-state index contributed by atoms with van der Waals surface area (Å²) in [6.07, 6.45) is 1.12. The molecule has 6 heteroatoms. The number of benzene rings is 2. The third kappa shape index (κ3) is 5.84. The number of nitrogens with zero attached hydrogens (tertiary/aromatic N) is 1. The van der Waals surface area contributed by atoms with Crippen molar-refractivity contribution in [3.05, 3.63) is 54.1 Å². The smallest absolute Gasteiger partial charge is 0.170 e. The van der Waals surface area contributed by atoms with Crippen LogP contribution in [0.4, 0.5) is 11.4 Å². The van der Waals surface area contributed by atoms with E-state index in [1.807, 2.05) is 24.3 Å². The van der Waals surface area contributed by atoms with E-state index in [9.17, 15) is 0 Å². The molecule has 0 unspecified atom stereocenters. The highest BCUT2D eigenvalue weighted by molar-refractivity contribution is 7.80. The van der Waals surface area contributed by atoms with Gasteiger partial charge in [0.15, 0.2) is 5.11 Å². The van der Waals surface area contributed by atoms with Gasteiger partial charge in [-0.1, -0.05) is 18.2 Å². The lowest BCUT2D eigenvalue weighted by atomic mass is 10.2. The van der Waals surface area contributed by atoms with Gasteiger partial charge in [-0.25, -0.2) is 0 Å². The Morgan fingerprint density at radius 3 is 2.50 bits per heavy atom. The zero-order valence-electron chi connectivity index (χ0n) is 16.8. The van der Waals surface area contributed by atoms with E-state index in [1.165, 1.54) is 30.9 Å². The molecule has 0 spiro atoms. The summed E-state index contributed by atoms with van der Waals surface area (Å²) in [5, 5.41) is 7.31. The first-order chi connectivity index (χ1) is 13.7. The zero-order chi connectivity index (χ0) is 19.8. The molecule has 0 aromatic heterocycles. The standard InChI is InChI=1S/C22H30N4OS/c1-18-6-3-4-7-21(18)24-22(28)23-12-5-13-25-14-16-26(17-15-25)19-8-10-20(27-2)11-9-19/h3-4,6-11H,5,12-17H2,1-2H3,(H2,23,24,28)/p+1. The van der Waals surface area contributed by atoms with Crippen LogP contribution >= 0.6 is 12.2 Å². The number of aryl methyl sites for hydroxylation is 1. The normalized spacial score (nSPS) is 14.6. The topological polar surface area (TPSA) is 41.0 Å². The average Bonchev–Trinajstić information content (AvgIpc) is 2.73. The molecule has 1 heterocycles. The van der Waals surface area contributed by atoms with Gasteiger partial charge in [0.05, 0.1) is 39.8 Å². The number of hydrogen-bond donors (Lipinski definition) is 3. The van der Waals surface area contributed by atoms with Crippen LogP contribution < -0.4 is 25.2 Å². The molecular weight excluding hydrogens is 368 g/mol. The summed E-state index contributed by atoms with van der Waals surface area (Å²) in [6, 6.07) is 16.6. The molecule has 1 saturated heterocycles. The SMILES string of the molecule is COc1ccc(N2CC[NH+](CCCNC(=S)Nc3ccccc3C)CC2)cc1. The number of thiocarbonyl (C=S) groups is 1. The molecule has 1 aliphatic heterocycles. The molecule has 3 N–H and O–H groups in total. The molecule has 0 amide bonds. The third-order valence-electron chi connectivity index (χ3n) is 5.29. The summed E-state index contributed by atoms with van der Waals surface area (Å²) in [5.41, 5.74) is 3.56. The first kappa shape index (κ1) is 20.4. The van der Waals surface area contributed by atoms with Crippen LogP contribution in [0.3, 0.4) is 0 Å². The van der Waals surface area contributed by atoms with Crippen molar-refractivity contribution in [1.29, 1.82) is 0 Å². The van der Waals surface area contributed by atoms with Crippen LogP contribution in [-0.2, 0) is 0 Å². The van der Waals surface area contributed by atoms with Crippen molar-refractivity contribution in [1.82, 2.24) is 5.32 Å². The van der Waals surface area contributed by atoms with Crippen molar-refractivity contribution >= 4 is 28.7 Å². The van der Waals surface area contributed by atoms with Gasteiger partial charge in [-0.05, 0) is 55.0 Å². The van der Waals surface area contributed by atoms with Crippen molar-refractivity contribution in [2.24, 2.45) is 0 Å². The first-order valence-corrected chi connectivity index (χ1v) is 10.4. The molecule has 0 atom stereocenters. The number of quaternary nitrogens is 1. The zero-order valence-corrected chi connectivity index (χ0v) is 17.6. The molecule has 0 aliphatic carbocycles.